The molecule has 0 bridgehead atoms. The number of carboxylic acid groups (broad SMARTS) is 1. The summed E-state index contributed by atoms with van der Waals surface area (Å²) in [6.07, 6.45) is 0.856. The molecule has 18 heavy (non-hydrogen) atoms. The third-order valence-electron chi connectivity index (χ3n) is 3.85. The highest BCUT2D eigenvalue weighted by atomic mass is 16.4. The first-order valence-electron chi connectivity index (χ1n) is 6.25. The maximum atomic E-state index is 11.7. The van der Waals surface area contributed by atoms with Gasteiger partial charge in [0.2, 0.25) is 0 Å². The number of carboxylic acids is 1. The van der Waals surface area contributed by atoms with Crippen molar-refractivity contribution < 1.29 is 9.90 Å². The van der Waals surface area contributed by atoms with Gasteiger partial charge in [-0.2, -0.15) is 0 Å². The number of nitrogens with two attached hydrogens (primary N) is 1. The fourth-order valence-electron chi connectivity index (χ4n) is 2.58. The van der Waals surface area contributed by atoms with Gasteiger partial charge < -0.3 is 10.8 Å². The minimum absolute atomic E-state index is 0.0773. The number of aryl methyl sites for hydroxylation is 1. The highest BCUT2D eigenvalue weighted by Gasteiger charge is 2.43. The highest BCUT2D eigenvalue weighted by Crippen LogP contribution is 2.32. The molecule has 0 aliphatic carbocycles. The number of hydrogen-bond acceptors (Lipinski definition) is 3. The summed E-state index contributed by atoms with van der Waals surface area (Å²) in [5.74, 6) is -0.817. The number of rotatable bonds is 3. The van der Waals surface area contributed by atoms with Gasteiger partial charge in [-0.15, -0.1) is 0 Å². The van der Waals surface area contributed by atoms with E-state index in [-0.39, 0.29) is 6.04 Å². The molecular formula is C14H20N2O2. The molecule has 2 atom stereocenters. The zero-order valence-corrected chi connectivity index (χ0v) is 10.9. The number of hydrogen-bond donors (Lipinski definition) is 2. The van der Waals surface area contributed by atoms with E-state index in [1.54, 1.807) is 6.92 Å². The van der Waals surface area contributed by atoms with Crippen LogP contribution in [0.25, 0.3) is 0 Å². The molecule has 2 rings (SSSR count). The normalized spacial score (nSPS) is 23.8. The minimum atomic E-state index is -0.986. The molecule has 1 aliphatic heterocycles. The summed E-state index contributed by atoms with van der Waals surface area (Å²) in [4.78, 5) is 13.7. The van der Waals surface area contributed by atoms with Crippen molar-refractivity contribution in [2.24, 2.45) is 5.73 Å². The van der Waals surface area contributed by atoms with Gasteiger partial charge in [-0.3, -0.25) is 4.90 Å². The Kier molecular flexibility index (Phi) is 3.41. The molecule has 1 heterocycles. The predicted molar refractivity (Wildman–Crippen MR) is 70.3 cm³/mol. The fraction of sp³-hybridized carbons (Fsp3) is 0.500. The average molecular weight is 248 g/mol. The maximum Gasteiger partial charge on any atom is 0.328 e. The van der Waals surface area contributed by atoms with E-state index in [9.17, 15) is 9.90 Å². The highest BCUT2D eigenvalue weighted by molar-refractivity contribution is 5.80. The molecule has 2 unspecified atom stereocenters. The smallest absolute Gasteiger partial charge is 0.328 e. The molecule has 0 radical (unpaired) electrons. The fourth-order valence-corrected chi connectivity index (χ4v) is 2.58. The number of likely N-dealkylation sites (tertiary alicyclic amines) is 1. The maximum absolute atomic E-state index is 11.7. The first-order valence-corrected chi connectivity index (χ1v) is 6.25. The summed E-state index contributed by atoms with van der Waals surface area (Å²) in [5.41, 5.74) is 6.81. The van der Waals surface area contributed by atoms with Crippen LogP contribution in [-0.2, 0) is 10.3 Å². The van der Waals surface area contributed by atoms with Crippen molar-refractivity contribution in [3.8, 4) is 0 Å². The Balaban J connectivity index is 2.41. The van der Waals surface area contributed by atoms with Gasteiger partial charge in [-0.1, -0.05) is 29.8 Å². The Morgan fingerprint density at radius 1 is 1.56 bits per heavy atom. The quantitative estimate of drug-likeness (QED) is 0.847. The number of carbonyl (C=O) groups is 1. The SMILES string of the molecule is Cc1cccc(C(C)(C(=O)O)N2CCC(N)C2)c1. The van der Waals surface area contributed by atoms with E-state index in [0.717, 1.165) is 24.1 Å². The summed E-state index contributed by atoms with van der Waals surface area (Å²) < 4.78 is 0. The Labute approximate surface area is 107 Å². The van der Waals surface area contributed by atoms with E-state index in [1.165, 1.54) is 0 Å². The molecule has 0 spiro atoms. The second-order valence-electron chi connectivity index (χ2n) is 5.24. The van der Waals surface area contributed by atoms with Crippen LogP contribution < -0.4 is 5.73 Å². The van der Waals surface area contributed by atoms with Gasteiger partial charge in [0.25, 0.3) is 0 Å². The Morgan fingerprint density at radius 3 is 2.78 bits per heavy atom. The Bertz CT molecular complexity index is 461. The van der Waals surface area contributed by atoms with Crippen molar-refractivity contribution in [2.75, 3.05) is 13.1 Å². The molecule has 3 N–H and O–H groups in total. The van der Waals surface area contributed by atoms with Crippen LogP contribution in [0.4, 0.5) is 0 Å². The van der Waals surface area contributed by atoms with Crippen LogP contribution in [0, 0.1) is 6.92 Å². The van der Waals surface area contributed by atoms with Gasteiger partial charge in [0.15, 0.2) is 0 Å². The van der Waals surface area contributed by atoms with E-state index < -0.39 is 11.5 Å². The molecule has 0 aromatic heterocycles. The van der Waals surface area contributed by atoms with Gasteiger partial charge in [0.05, 0.1) is 0 Å². The monoisotopic (exact) mass is 248 g/mol. The van der Waals surface area contributed by atoms with Crippen molar-refractivity contribution in [1.82, 2.24) is 4.90 Å². The van der Waals surface area contributed by atoms with Crippen LogP contribution in [0.1, 0.15) is 24.5 Å². The van der Waals surface area contributed by atoms with Crippen LogP contribution in [0.5, 0.6) is 0 Å². The molecule has 1 aromatic rings. The van der Waals surface area contributed by atoms with Crippen LogP contribution in [0.3, 0.4) is 0 Å². The van der Waals surface area contributed by atoms with Gasteiger partial charge >= 0.3 is 5.97 Å². The van der Waals surface area contributed by atoms with Crippen LogP contribution >= 0.6 is 0 Å². The number of aliphatic carboxylic acids is 1. The lowest BCUT2D eigenvalue weighted by Crippen LogP contribution is -2.49. The molecular weight excluding hydrogens is 228 g/mol. The Morgan fingerprint density at radius 2 is 2.28 bits per heavy atom. The van der Waals surface area contributed by atoms with Gasteiger partial charge in [0, 0.05) is 19.1 Å². The first-order chi connectivity index (χ1) is 8.44. The van der Waals surface area contributed by atoms with Crippen molar-refractivity contribution in [3.63, 3.8) is 0 Å². The predicted octanol–water partition coefficient (Wildman–Crippen LogP) is 1.33. The van der Waals surface area contributed by atoms with Crippen LogP contribution in [0.15, 0.2) is 24.3 Å². The summed E-state index contributed by atoms with van der Waals surface area (Å²) in [7, 11) is 0. The van der Waals surface area contributed by atoms with E-state index in [2.05, 4.69) is 0 Å². The molecule has 4 nitrogen and oxygen atoms in total. The third kappa shape index (κ3) is 2.13. The second-order valence-corrected chi connectivity index (χ2v) is 5.24. The largest absolute Gasteiger partial charge is 0.480 e. The summed E-state index contributed by atoms with van der Waals surface area (Å²) in [6, 6.07) is 7.78. The molecule has 4 heteroatoms. The second kappa shape index (κ2) is 4.71. The lowest BCUT2D eigenvalue weighted by molar-refractivity contribution is -0.150. The Hall–Kier alpha value is -1.39. The molecule has 1 aliphatic rings. The molecule has 0 saturated carbocycles. The van der Waals surface area contributed by atoms with Crippen molar-refractivity contribution in [3.05, 3.63) is 35.4 Å². The van der Waals surface area contributed by atoms with Crippen LogP contribution in [-0.4, -0.2) is 35.1 Å². The first kappa shape index (κ1) is 13.1. The van der Waals surface area contributed by atoms with Crippen molar-refractivity contribution in [1.29, 1.82) is 0 Å². The lowest BCUT2D eigenvalue weighted by atomic mass is 9.89. The van der Waals surface area contributed by atoms with E-state index in [0.29, 0.717) is 6.54 Å². The zero-order chi connectivity index (χ0) is 13.3. The van der Waals surface area contributed by atoms with Gasteiger partial charge in [0.1, 0.15) is 5.54 Å². The standard InChI is InChI=1S/C14H20N2O2/c1-10-4-3-5-11(8-10)14(2,13(17)18)16-7-6-12(15)9-16/h3-5,8,12H,6-7,9,15H2,1-2H3,(H,17,18). The van der Waals surface area contributed by atoms with E-state index >= 15 is 0 Å². The molecule has 1 saturated heterocycles. The average Bonchev–Trinajstić information content (AvgIpc) is 2.75. The van der Waals surface area contributed by atoms with Gasteiger partial charge in [-0.05, 0) is 25.8 Å². The van der Waals surface area contributed by atoms with Crippen LogP contribution in [0.2, 0.25) is 0 Å². The summed E-state index contributed by atoms with van der Waals surface area (Å²) in [6.45, 7) is 5.11. The topological polar surface area (TPSA) is 66.6 Å². The number of nitrogens with zero attached hydrogens (tertiary/aromatic N) is 1. The molecule has 1 aromatic carbocycles. The van der Waals surface area contributed by atoms with Gasteiger partial charge in [-0.25, -0.2) is 4.79 Å². The summed E-state index contributed by atoms with van der Waals surface area (Å²) >= 11 is 0. The summed E-state index contributed by atoms with van der Waals surface area (Å²) in [5, 5.41) is 9.64. The third-order valence-corrected chi connectivity index (χ3v) is 3.85. The molecule has 0 amide bonds. The van der Waals surface area contributed by atoms with Crippen molar-refractivity contribution >= 4 is 5.97 Å². The molecule has 98 valence electrons. The van der Waals surface area contributed by atoms with Crippen molar-refractivity contribution in [2.45, 2.75) is 31.8 Å². The minimum Gasteiger partial charge on any atom is -0.480 e. The number of benzene rings is 1. The van der Waals surface area contributed by atoms with E-state index in [1.807, 2.05) is 36.1 Å². The lowest BCUT2D eigenvalue weighted by Gasteiger charge is -2.35. The zero-order valence-electron chi connectivity index (χ0n) is 10.9. The molecule has 1 fully saturated rings. The van der Waals surface area contributed by atoms with E-state index in [4.69, 9.17) is 5.73 Å².